The van der Waals surface area contributed by atoms with Crippen LogP contribution in [0.2, 0.25) is 0 Å². The molecule has 6 nitrogen and oxygen atoms in total. The first-order valence-electron chi connectivity index (χ1n) is 8.50. The minimum Gasteiger partial charge on any atom is -0.388 e. The van der Waals surface area contributed by atoms with Crippen molar-refractivity contribution in [2.45, 2.75) is 12.5 Å². The third kappa shape index (κ3) is 3.24. The van der Waals surface area contributed by atoms with Gasteiger partial charge in [0.25, 0.3) is 0 Å². The number of amides is 1. The van der Waals surface area contributed by atoms with E-state index in [2.05, 4.69) is 16.4 Å². The number of rotatable bonds is 5. The summed E-state index contributed by atoms with van der Waals surface area (Å²) in [6.07, 6.45) is 4.71. The van der Waals surface area contributed by atoms with E-state index in [-0.39, 0.29) is 12.3 Å². The van der Waals surface area contributed by atoms with Gasteiger partial charge >= 0.3 is 0 Å². The number of aromatic nitrogens is 2. The number of allylic oxidation sites excluding steroid dienone is 4. The van der Waals surface area contributed by atoms with Crippen LogP contribution in [0.4, 0.5) is 5.95 Å². The third-order valence-electron chi connectivity index (χ3n) is 4.39. The molecule has 1 aliphatic carbocycles. The molecule has 6 heteroatoms. The molecule has 1 aliphatic rings. The molecule has 1 aromatic heterocycles. The molecule has 2 N–H and O–H groups in total. The van der Waals surface area contributed by atoms with Crippen molar-refractivity contribution < 1.29 is 9.90 Å². The highest BCUT2D eigenvalue weighted by atomic mass is 16.3. The zero-order chi connectivity index (χ0) is 18.8. The number of hydrogen-bond donors (Lipinski definition) is 2. The molecule has 2 aromatic carbocycles. The van der Waals surface area contributed by atoms with E-state index in [4.69, 9.17) is 5.26 Å². The van der Waals surface area contributed by atoms with Crippen LogP contribution in [0.25, 0.3) is 16.7 Å². The number of carbonyl (C=O) groups is 1. The molecule has 0 aliphatic heterocycles. The van der Waals surface area contributed by atoms with Gasteiger partial charge in [-0.05, 0) is 35.9 Å². The van der Waals surface area contributed by atoms with Crippen LogP contribution >= 0.6 is 0 Å². The van der Waals surface area contributed by atoms with Crippen molar-refractivity contribution >= 4 is 28.6 Å². The lowest BCUT2D eigenvalue weighted by Gasteiger charge is -2.15. The van der Waals surface area contributed by atoms with E-state index in [0.717, 1.165) is 11.2 Å². The highest BCUT2D eigenvalue weighted by Crippen LogP contribution is 2.29. The van der Waals surface area contributed by atoms with E-state index in [1.54, 1.807) is 34.9 Å². The van der Waals surface area contributed by atoms with Gasteiger partial charge in [0.1, 0.15) is 0 Å². The normalized spacial score (nSPS) is 13.6. The number of carbonyl (C=O) groups excluding carboxylic acids is 1. The molecule has 27 heavy (non-hydrogen) atoms. The average molecular weight is 356 g/mol. The molecule has 0 saturated heterocycles. The maximum absolute atomic E-state index is 12.5. The highest BCUT2D eigenvalue weighted by Gasteiger charge is 2.19. The Morgan fingerprint density at radius 3 is 2.70 bits per heavy atom. The Labute approximate surface area is 155 Å². The number of hydrogen-bond acceptors (Lipinski definition) is 4. The number of nitriles is 1. The quantitative estimate of drug-likeness (QED) is 0.733. The van der Waals surface area contributed by atoms with E-state index in [0.29, 0.717) is 22.6 Å². The predicted octanol–water partition coefficient (Wildman–Crippen LogP) is 3.38. The molecule has 1 heterocycles. The summed E-state index contributed by atoms with van der Waals surface area (Å²) in [5, 5.41) is 22.2. The first-order chi connectivity index (χ1) is 13.2. The van der Waals surface area contributed by atoms with E-state index < -0.39 is 6.10 Å². The Kier molecular flexibility index (Phi) is 4.29. The molecule has 1 amide bonds. The van der Waals surface area contributed by atoms with Crippen LogP contribution in [0.5, 0.6) is 0 Å². The first-order valence-corrected chi connectivity index (χ1v) is 8.50. The number of imidazole rings is 1. The van der Waals surface area contributed by atoms with Crippen molar-refractivity contribution in [3.05, 3.63) is 77.9 Å². The average Bonchev–Trinajstić information content (AvgIpc) is 2.98. The predicted molar refractivity (Wildman–Crippen MR) is 103 cm³/mol. The molecule has 0 saturated carbocycles. The maximum Gasteiger partial charge on any atom is 0.229 e. The monoisotopic (exact) mass is 356 g/mol. The lowest BCUT2D eigenvalue weighted by atomic mass is 10.1. The van der Waals surface area contributed by atoms with Gasteiger partial charge in [0.2, 0.25) is 11.9 Å². The second-order valence-electron chi connectivity index (χ2n) is 6.22. The van der Waals surface area contributed by atoms with Crippen LogP contribution in [0, 0.1) is 11.3 Å². The fourth-order valence-corrected chi connectivity index (χ4v) is 2.97. The van der Waals surface area contributed by atoms with Crippen molar-refractivity contribution in [2.24, 2.45) is 0 Å². The van der Waals surface area contributed by atoms with Crippen LogP contribution in [-0.4, -0.2) is 20.6 Å². The summed E-state index contributed by atoms with van der Waals surface area (Å²) in [6.45, 7) is 0. The summed E-state index contributed by atoms with van der Waals surface area (Å²) in [7, 11) is 0. The number of anilines is 1. The van der Waals surface area contributed by atoms with Crippen LogP contribution in [-0.2, 0) is 4.79 Å². The number of nitrogens with one attached hydrogen (secondary N) is 1. The molecular formula is C21H16N4O2. The zero-order valence-corrected chi connectivity index (χ0v) is 14.3. The highest BCUT2D eigenvalue weighted by molar-refractivity contribution is 5.95. The van der Waals surface area contributed by atoms with Gasteiger partial charge < -0.3 is 5.11 Å². The molecular weight excluding hydrogens is 340 g/mol. The van der Waals surface area contributed by atoms with Crippen molar-refractivity contribution in [1.82, 2.24) is 9.55 Å². The van der Waals surface area contributed by atoms with Crippen LogP contribution in [0.15, 0.2) is 66.8 Å². The summed E-state index contributed by atoms with van der Waals surface area (Å²) < 4.78 is 1.79. The van der Waals surface area contributed by atoms with Gasteiger partial charge in [-0.15, -0.1) is 0 Å². The van der Waals surface area contributed by atoms with Gasteiger partial charge in [0.15, 0.2) is 0 Å². The fraction of sp³-hybridized carbons (Fsp3) is 0.0952. The molecule has 4 rings (SSSR count). The first kappa shape index (κ1) is 16.8. The van der Waals surface area contributed by atoms with E-state index in [9.17, 15) is 9.90 Å². The molecule has 0 unspecified atom stereocenters. The van der Waals surface area contributed by atoms with Crippen molar-refractivity contribution in [1.29, 1.82) is 5.26 Å². The molecule has 0 radical (unpaired) electrons. The largest absolute Gasteiger partial charge is 0.388 e. The van der Waals surface area contributed by atoms with Gasteiger partial charge in [-0.1, -0.05) is 36.4 Å². The summed E-state index contributed by atoms with van der Waals surface area (Å²) in [5.74, 6) is 0.0215. The van der Waals surface area contributed by atoms with Crippen molar-refractivity contribution in [3.63, 3.8) is 0 Å². The summed E-state index contributed by atoms with van der Waals surface area (Å²) >= 11 is 0. The maximum atomic E-state index is 12.5. The summed E-state index contributed by atoms with van der Waals surface area (Å²) in [6, 6.07) is 16.3. The summed E-state index contributed by atoms with van der Waals surface area (Å²) in [5.41, 5.74) is 3.48. The smallest absolute Gasteiger partial charge is 0.229 e. The number of benzene rings is 2. The van der Waals surface area contributed by atoms with E-state index in [1.165, 1.54) is 0 Å². The molecule has 1 atom stereocenters. The fourth-order valence-electron chi connectivity index (χ4n) is 2.97. The Morgan fingerprint density at radius 1 is 1.26 bits per heavy atom. The molecule has 0 spiro atoms. The minimum absolute atomic E-state index is 0.0778. The lowest BCUT2D eigenvalue weighted by Crippen LogP contribution is -2.18. The molecule has 0 bridgehead atoms. The number of nitrogens with zero attached hydrogens (tertiary/aromatic N) is 3. The standard InChI is InChI=1S/C21H16N4O2/c22-13-14-9-10-17-18(11-14)25(16-7-4-8-16)21(23-17)24-20(27)12-19(26)15-5-2-1-3-6-15/h1-11,19,26H,12H2,(H,23,24,27)/t19-/m1/s1. The topological polar surface area (TPSA) is 90.9 Å². The Hall–Kier alpha value is -3.69. The van der Waals surface area contributed by atoms with Gasteiger partial charge in [-0.25, -0.2) is 4.98 Å². The second kappa shape index (κ2) is 6.90. The molecule has 3 aromatic rings. The zero-order valence-electron chi connectivity index (χ0n) is 14.3. The molecule has 0 fully saturated rings. The lowest BCUT2D eigenvalue weighted by molar-refractivity contribution is -0.118. The Morgan fingerprint density at radius 2 is 2.04 bits per heavy atom. The van der Waals surface area contributed by atoms with Crippen LogP contribution < -0.4 is 5.32 Å². The molecule has 132 valence electrons. The minimum atomic E-state index is -0.892. The van der Waals surface area contributed by atoms with Crippen LogP contribution in [0.1, 0.15) is 23.7 Å². The number of aliphatic hydroxyl groups is 1. The second-order valence-corrected chi connectivity index (χ2v) is 6.22. The van der Waals surface area contributed by atoms with Crippen molar-refractivity contribution in [3.8, 4) is 6.07 Å². The van der Waals surface area contributed by atoms with E-state index in [1.807, 2.05) is 36.4 Å². The van der Waals surface area contributed by atoms with Gasteiger partial charge in [-0.2, -0.15) is 5.26 Å². The summed E-state index contributed by atoms with van der Waals surface area (Å²) in [4.78, 5) is 16.9. The Bertz CT molecular complexity index is 1120. The number of fused-ring (bicyclic) bond motifs is 1. The van der Waals surface area contributed by atoms with Gasteiger partial charge in [0, 0.05) is 5.70 Å². The van der Waals surface area contributed by atoms with E-state index >= 15 is 0 Å². The Balaban J connectivity index is 1.61. The SMILES string of the molecule is N#Cc1ccc2nc(NC(=O)C[C@@H](O)c3ccccc3)n(C3=CC=C3)c2c1. The number of aliphatic hydroxyl groups excluding tert-OH is 1. The van der Waals surface area contributed by atoms with Crippen LogP contribution in [0.3, 0.4) is 0 Å². The van der Waals surface area contributed by atoms with Gasteiger partial charge in [-0.3, -0.25) is 14.7 Å². The van der Waals surface area contributed by atoms with Gasteiger partial charge in [0.05, 0.1) is 35.2 Å². The third-order valence-corrected chi connectivity index (χ3v) is 4.39. The van der Waals surface area contributed by atoms with Crippen molar-refractivity contribution in [2.75, 3.05) is 5.32 Å².